The Morgan fingerprint density at radius 2 is 2.25 bits per heavy atom. The third-order valence-corrected chi connectivity index (χ3v) is 1.19. The Morgan fingerprint density at radius 1 is 1.67 bits per heavy atom. The molecule has 0 aromatic rings. The van der Waals surface area contributed by atoms with Crippen molar-refractivity contribution in [3.05, 3.63) is 0 Å². The molecule has 1 atom stereocenters. The molecule has 0 heterocycles. The quantitative estimate of drug-likeness (QED) is 0.581. The maximum atomic E-state index is 10.5. The summed E-state index contributed by atoms with van der Waals surface area (Å²) in [6.07, 6.45) is 5.09. The van der Waals surface area contributed by atoms with Crippen LogP contribution in [0.4, 0.5) is 0 Å². The van der Waals surface area contributed by atoms with Crippen LogP contribution in [0.15, 0.2) is 0 Å². The zero-order valence-electron chi connectivity index (χ0n) is 6.83. The summed E-state index contributed by atoms with van der Waals surface area (Å²) in [5.41, 5.74) is 0. The molecule has 66 valence electrons. The molecular formula is C8H11NO3. The van der Waals surface area contributed by atoms with Gasteiger partial charge in [0, 0.05) is 13.3 Å². The van der Waals surface area contributed by atoms with Gasteiger partial charge in [0.1, 0.15) is 0 Å². The lowest BCUT2D eigenvalue weighted by atomic mass is 10.1. The average Bonchev–Trinajstić information content (AvgIpc) is 1.84. The van der Waals surface area contributed by atoms with E-state index >= 15 is 0 Å². The van der Waals surface area contributed by atoms with Crippen LogP contribution in [0.2, 0.25) is 0 Å². The summed E-state index contributed by atoms with van der Waals surface area (Å²) in [5.74, 6) is 1.06. The standard InChI is InChI=1S/C8H11NO3/c1-3-4-7(5-8(11)12)9-6(2)10/h1,7H,4-5H2,2H3,(H,9,10)(H,11,12)/t7-/m1/s1. The van der Waals surface area contributed by atoms with Crippen molar-refractivity contribution >= 4 is 11.9 Å². The topological polar surface area (TPSA) is 66.4 Å². The van der Waals surface area contributed by atoms with Crippen LogP contribution in [0, 0.1) is 12.3 Å². The number of terminal acetylenes is 1. The molecule has 0 rings (SSSR count). The number of hydrogen-bond donors (Lipinski definition) is 2. The molecule has 0 aromatic heterocycles. The minimum atomic E-state index is -0.969. The van der Waals surface area contributed by atoms with E-state index in [2.05, 4.69) is 11.2 Å². The third kappa shape index (κ3) is 5.30. The van der Waals surface area contributed by atoms with Gasteiger partial charge in [0.2, 0.25) is 5.91 Å². The number of carbonyl (C=O) groups is 2. The van der Waals surface area contributed by atoms with Gasteiger partial charge < -0.3 is 10.4 Å². The molecule has 0 aliphatic heterocycles. The van der Waals surface area contributed by atoms with Crippen molar-refractivity contribution in [3.63, 3.8) is 0 Å². The lowest BCUT2D eigenvalue weighted by Crippen LogP contribution is -2.34. The second-order valence-electron chi connectivity index (χ2n) is 2.40. The molecule has 0 unspecified atom stereocenters. The minimum absolute atomic E-state index is 0.135. The summed E-state index contributed by atoms with van der Waals surface area (Å²) in [4.78, 5) is 20.8. The van der Waals surface area contributed by atoms with Crippen LogP contribution in [0.1, 0.15) is 19.8 Å². The normalized spacial score (nSPS) is 11.3. The first-order valence-electron chi connectivity index (χ1n) is 3.48. The molecular weight excluding hydrogens is 158 g/mol. The number of carboxylic acids is 1. The molecule has 0 bridgehead atoms. The van der Waals surface area contributed by atoms with Crippen LogP contribution < -0.4 is 5.32 Å². The Hall–Kier alpha value is -1.50. The van der Waals surface area contributed by atoms with Gasteiger partial charge in [-0.1, -0.05) is 0 Å². The largest absolute Gasteiger partial charge is 0.481 e. The number of rotatable bonds is 4. The first-order valence-corrected chi connectivity index (χ1v) is 3.48. The van der Waals surface area contributed by atoms with Crippen molar-refractivity contribution in [1.29, 1.82) is 0 Å². The molecule has 0 aromatic carbocycles. The van der Waals surface area contributed by atoms with Crippen LogP contribution >= 0.6 is 0 Å². The van der Waals surface area contributed by atoms with Crippen LogP contribution in [0.5, 0.6) is 0 Å². The summed E-state index contributed by atoms with van der Waals surface area (Å²) in [6, 6.07) is -0.454. The van der Waals surface area contributed by atoms with E-state index in [1.165, 1.54) is 6.92 Å². The molecule has 4 heteroatoms. The summed E-state index contributed by atoms with van der Waals surface area (Å²) >= 11 is 0. The number of hydrogen-bond acceptors (Lipinski definition) is 2. The maximum Gasteiger partial charge on any atom is 0.305 e. The number of aliphatic carboxylic acids is 1. The Bertz CT molecular complexity index is 201. The van der Waals surface area contributed by atoms with E-state index < -0.39 is 12.0 Å². The molecule has 4 nitrogen and oxygen atoms in total. The van der Waals surface area contributed by atoms with Gasteiger partial charge >= 0.3 is 5.97 Å². The van der Waals surface area contributed by atoms with Gasteiger partial charge in [-0.15, -0.1) is 12.3 Å². The monoisotopic (exact) mass is 169 g/mol. The predicted octanol–water partition coefficient (Wildman–Crippen LogP) is -0.0109. The zero-order chi connectivity index (χ0) is 9.56. The van der Waals surface area contributed by atoms with Gasteiger partial charge in [-0.05, 0) is 0 Å². The number of carbonyl (C=O) groups excluding carboxylic acids is 1. The molecule has 0 aliphatic carbocycles. The van der Waals surface area contributed by atoms with Gasteiger partial charge in [-0.3, -0.25) is 9.59 Å². The second-order valence-corrected chi connectivity index (χ2v) is 2.40. The van der Waals surface area contributed by atoms with Gasteiger partial charge in [0.25, 0.3) is 0 Å². The number of nitrogens with one attached hydrogen (secondary N) is 1. The van der Waals surface area contributed by atoms with Crippen LogP contribution in [-0.4, -0.2) is 23.0 Å². The summed E-state index contributed by atoms with van der Waals surface area (Å²) < 4.78 is 0. The molecule has 0 spiro atoms. The minimum Gasteiger partial charge on any atom is -0.481 e. The Morgan fingerprint density at radius 3 is 2.58 bits per heavy atom. The number of carboxylic acid groups (broad SMARTS) is 1. The average molecular weight is 169 g/mol. The van der Waals surface area contributed by atoms with Crippen molar-refractivity contribution < 1.29 is 14.7 Å². The molecule has 0 radical (unpaired) electrons. The summed E-state index contributed by atoms with van der Waals surface area (Å²) in [7, 11) is 0. The molecule has 0 aliphatic rings. The van der Waals surface area contributed by atoms with Crippen LogP contribution in [0.25, 0.3) is 0 Å². The first-order chi connectivity index (χ1) is 5.56. The third-order valence-electron chi connectivity index (χ3n) is 1.19. The van der Waals surface area contributed by atoms with E-state index in [9.17, 15) is 9.59 Å². The molecule has 0 fully saturated rings. The molecule has 0 saturated heterocycles. The van der Waals surface area contributed by atoms with E-state index in [0.29, 0.717) is 0 Å². The molecule has 2 N–H and O–H groups in total. The predicted molar refractivity (Wildman–Crippen MR) is 43.3 cm³/mol. The highest BCUT2D eigenvalue weighted by Crippen LogP contribution is 1.96. The van der Waals surface area contributed by atoms with Gasteiger partial charge in [0.15, 0.2) is 0 Å². The highest BCUT2D eigenvalue weighted by atomic mass is 16.4. The SMILES string of the molecule is C#CC[C@H](CC(=O)O)NC(C)=O. The molecule has 12 heavy (non-hydrogen) atoms. The fourth-order valence-electron chi connectivity index (χ4n) is 0.815. The lowest BCUT2D eigenvalue weighted by Gasteiger charge is -2.11. The summed E-state index contributed by atoms with van der Waals surface area (Å²) in [5, 5.41) is 10.9. The first kappa shape index (κ1) is 10.5. The number of amides is 1. The van der Waals surface area contributed by atoms with E-state index in [1.54, 1.807) is 0 Å². The lowest BCUT2D eigenvalue weighted by molar-refractivity contribution is -0.137. The maximum absolute atomic E-state index is 10.5. The van der Waals surface area contributed by atoms with Gasteiger partial charge in [0.05, 0.1) is 12.5 Å². The van der Waals surface area contributed by atoms with Crippen molar-refractivity contribution in [1.82, 2.24) is 5.32 Å². The molecule has 1 amide bonds. The fraction of sp³-hybridized carbons (Fsp3) is 0.500. The van der Waals surface area contributed by atoms with Crippen molar-refractivity contribution in [2.24, 2.45) is 0 Å². The van der Waals surface area contributed by atoms with Gasteiger partial charge in [-0.25, -0.2) is 0 Å². The van der Waals surface area contributed by atoms with Crippen molar-refractivity contribution in [2.75, 3.05) is 0 Å². The van der Waals surface area contributed by atoms with Gasteiger partial charge in [-0.2, -0.15) is 0 Å². The van der Waals surface area contributed by atoms with Crippen molar-refractivity contribution in [2.45, 2.75) is 25.8 Å². The Balaban J connectivity index is 3.96. The highest BCUT2D eigenvalue weighted by molar-refractivity contribution is 5.74. The second kappa shape index (κ2) is 5.19. The van der Waals surface area contributed by atoms with E-state index in [-0.39, 0.29) is 18.7 Å². The smallest absolute Gasteiger partial charge is 0.305 e. The van der Waals surface area contributed by atoms with Crippen LogP contribution in [-0.2, 0) is 9.59 Å². The zero-order valence-corrected chi connectivity index (χ0v) is 6.83. The van der Waals surface area contributed by atoms with Crippen molar-refractivity contribution in [3.8, 4) is 12.3 Å². The highest BCUT2D eigenvalue weighted by Gasteiger charge is 2.12. The van der Waals surface area contributed by atoms with E-state index in [4.69, 9.17) is 11.5 Å². The Labute approximate surface area is 71.0 Å². The fourth-order valence-corrected chi connectivity index (χ4v) is 0.815. The van der Waals surface area contributed by atoms with E-state index in [0.717, 1.165) is 0 Å². The summed E-state index contributed by atoms with van der Waals surface area (Å²) in [6.45, 7) is 1.32. The molecule has 0 saturated carbocycles. The van der Waals surface area contributed by atoms with Crippen LogP contribution in [0.3, 0.4) is 0 Å². The Kier molecular flexibility index (Phi) is 4.54. The van der Waals surface area contributed by atoms with E-state index in [1.807, 2.05) is 0 Å².